The van der Waals surface area contributed by atoms with Crippen LogP contribution in [0.2, 0.25) is 0 Å². The van der Waals surface area contributed by atoms with Crippen LogP contribution in [0.4, 0.5) is 14.5 Å². The summed E-state index contributed by atoms with van der Waals surface area (Å²) < 4.78 is 35.6. The first-order chi connectivity index (χ1) is 11.6. The van der Waals surface area contributed by atoms with Crippen molar-refractivity contribution in [3.8, 4) is 5.75 Å². The molecule has 2 aromatic rings. The number of hydrogen-bond donors (Lipinski definition) is 1. The van der Waals surface area contributed by atoms with Crippen LogP contribution < -0.4 is 10.1 Å². The molecule has 128 valence electrons. The van der Waals surface area contributed by atoms with Gasteiger partial charge in [0.2, 0.25) is 5.91 Å². The molecule has 0 heterocycles. The van der Waals surface area contributed by atoms with Crippen LogP contribution in [0.15, 0.2) is 59.5 Å². The predicted octanol–water partition coefficient (Wildman–Crippen LogP) is 4.04. The van der Waals surface area contributed by atoms with Gasteiger partial charge in [-0.25, -0.2) is 0 Å². The van der Waals surface area contributed by atoms with Gasteiger partial charge in [-0.1, -0.05) is 42.1 Å². The van der Waals surface area contributed by atoms with Gasteiger partial charge in [0, 0.05) is 4.90 Å². The quantitative estimate of drug-likeness (QED) is 0.546. The van der Waals surface area contributed by atoms with Gasteiger partial charge in [-0.15, -0.1) is 0 Å². The zero-order valence-electron chi connectivity index (χ0n) is 12.8. The zero-order chi connectivity index (χ0) is 17.2. The third kappa shape index (κ3) is 6.55. The van der Waals surface area contributed by atoms with Crippen LogP contribution >= 0.6 is 11.8 Å². The first kappa shape index (κ1) is 18.2. The number of alkyl halides is 2. The number of nitrogens with one attached hydrogen (secondary N) is 1. The molecule has 2 rings (SSSR count). The van der Waals surface area contributed by atoms with Gasteiger partial charge in [0.1, 0.15) is 19.0 Å². The zero-order valence-corrected chi connectivity index (χ0v) is 13.6. The Morgan fingerprint density at radius 1 is 1.04 bits per heavy atom. The number of hydrogen-bond acceptors (Lipinski definition) is 4. The fourth-order valence-corrected chi connectivity index (χ4v) is 2.45. The summed E-state index contributed by atoms with van der Waals surface area (Å²) in [6.45, 7) is 0.386. The van der Waals surface area contributed by atoms with Gasteiger partial charge in [-0.2, -0.15) is 8.78 Å². The van der Waals surface area contributed by atoms with Crippen LogP contribution in [0.3, 0.4) is 0 Å². The van der Waals surface area contributed by atoms with Crippen molar-refractivity contribution in [2.75, 3.05) is 25.1 Å². The normalized spacial score (nSPS) is 10.6. The Morgan fingerprint density at radius 2 is 1.75 bits per heavy atom. The summed E-state index contributed by atoms with van der Waals surface area (Å²) in [5.41, 5.74) is 0.344. The second-order valence-corrected chi connectivity index (χ2v) is 5.67. The first-order valence-corrected chi connectivity index (χ1v) is 8.12. The molecular weight excluding hydrogens is 336 g/mol. The van der Waals surface area contributed by atoms with Gasteiger partial charge in [-0.05, 0) is 24.3 Å². The highest BCUT2D eigenvalue weighted by atomic mass is 32.2. The fraction of sp³-hybridized carbons (Fsp3) is 0.235. The lowest BCUT2D eigenvalue weighted by Gasteiger charge is -2.11. The second kappa shape index (κ2) is 9.89. The van der Waals surface area contributed by atoms with E-state index in [2.05, 4.69) is 5.32 Å². The van der Waals surface area contributed by atoms with Crippen LogP contribution in [0, 0.1) is 0 Å². The molecule has 2 aromatic carbocycles. The molecule has 1 amide bonds. The molecule has 0 aromatic heterocycles. The summed E-state index contributed by atoms with van der Waals surface area (Å²) >= 11 is 0.388. The molecular formula is C17H17F2NO3S. The molecule has 1 N–H and O–H groups in total. The second-order valence-electron chi connectivity index (χ2n) is 4.64. The van der Waals surface area contributed by atoms with E-state index in [4.69, 9.17) is 9.47 Å². The van der Waals surface area contributed by atoms with E-state index in [0.717, 1.165) is 5.75 Å². The summed E-state index contributed by atoms with van der Waals surface area (Å²) in [6, 6.07) is 15.7. The minimum atomic E-state index is -2.55. The summed E-state index contributed by atoms with van der Waals surface area (Å²) in [4.78, 5) is 12.1. The molecule has 0 fully saturated rings. The summed E-state index contributed by atoms with van der Waals surface area (Å²) in [7, 11) is 0. The summed E-state index contributed by atoms with van der Waals surface area (Å²) in [5, 5.41) is 2.57. The van der Waals surface area contributed by atoms with E-state index in [0.29, 0.717) is 29.0 Å². The number of halogens is 2. The molecule has 0 unspecified atom stereocenters. The molecule has 4 nitrogen and oxygen atoms in total. The molecule has 0 aliphatic carbocycles. The van der Waals surface area contributed by atoms with Crippen molar-refractivity contribution in [1.29, 1.82) is 0 Å². The van der Waals surface area contributed by atoms with Crippen molar-refractivity contribution in [3.05, 3.63) is 54.6 Å². The Morgan fingerprint density at radius 3 is 2.50 bits per heavy atom. The van der Waals surface area contributed by atoms with Gasteiger partial charge in [0.05, 0.1) is 12.3 Å². The lowest BCUT2D eigenvalue weighted by atomic mass is 10.3. The lowest BCUT2D eigenvalue weighted by molar-refractivity contribution is -0.120. The maximum atomic E-state index is 12.5. The molecule has 0 spiro atoms. The SMILES string of the molecule is O=C(COCCOc1ccccc1)Nc1ccccc1SC(F)F. The molecule has 0 aliphatic rings. The molecule has 0 aliphatic heterocycles. The Labute approximate surface area is 143 Å². The fourth-order valence-electron chi connectivity index (χ4n) is 1.85. The monoisotopic (exact) mass is 353 g/mol. The van der Waals surface area contributed by atoms with Crippen LogP contribution in [0.5, 0.6) is 5.75 Å². The topological polar surface area (TPSA) is 47.6 Å². The highest BCUT2D eigenvalue weighted by molar-refractivity contribution is 7.99. The molecule has 24 heavy (non-hydrogen) atoms. The molecule has 0 atom stereocenters. The minimum absolute atomic E-state index is 0.175. The third-order valence-corrected chi connectivity index (χ3v) is 3.64. The Kier molecular flexibility index (Phi) is 7.51. The highest BCUT2D eigenvalue weighted by Crippen LogP contribution is 2.31. The van der Waals surface area contributed by atoms with Crippen molar-refractivity contribution < 1.29 is 23.0 Å². The van der Waals surface area contributed by atoms with Crippen molar-refractivity contribution in [2.45, 2.75) is 10.7 Å². The third-order valence-electron chi connectivity index (χ3n) is 2.85. The van der Waals surface area contributed by atoms with Crippen molar-refractivity contribution >= 4 is 23.4 Å². The van der Waals surface area contributed by atoms with E-state index >= 15 is 0 Å². The van der Waals surface area contributed by atoms with E-state index in [1.807, 2.05) is 30.3 Å². The van der Waals surface area contributed by atoms with E-state index < -0.39 is 11.7 Å². The number of thioether (sulfide) groups is 1. The maximum Gasteiger partial charge on any atom is 0.288 e. The van der Waals surface area contributed by atoms with Gasteiger partial charge < -0.3 is 14.8 Å². The highest BCUT2D eigenvalue weighted by Gasteiger charge is 2.11. The van der Waals surface area contributed by atoms with Crippen molar-refractivity contribution in [3.63, 3.8) is 0 Å². The van der Waals surface area contributed by atoms with Crippen LogP contribution in [-0.4, -0.2) is 31.5 Å². The predicted molar refractivity (Wildman–Crippen MR) is 89.7 cm³/mol. The van der Waals surface area contributed by atoms with Gasteiger partial charge in [0.25, 0.3) is 5.76 Å². The van der Waals surface area contributed by atoms with E-state index in [1.54, 1.807) is 18.2 Å². The molecule has 7 heteroatoms. The van der Waals surface area contributed by atoms with E-state index in [-0.39, 0.29) is 13.2 Å². The smallest absolute Gasteiger partial charge is 0.288 e. The minimum Gasteiger partial charge on any atom is -0.491 e. The number of carbonyl (C=O) groups excluding carboxylic acids is 1. The molecule has 0 saturated carbocycles. The summed E-state index contributed by atoms with van der Waals surface area (Å²) in [5.74, 6) is -2.23. The molecule has 0 radical (unpaired) electrons. The number of rotatable bonds is 9. The van der Waals surface area contributed by atoms with Gasteiger partial charge in [0.15, 0.2) is 0 Å². The average Bonchev–Trinajstić information content (AvgIpc) is 2.57. The standard InChI is InChI=1S/C17H17F2NO3S/c18-17(19)24-15-9-5-4-8-14(15)20-16(21)12-22-10-11-23-13-6-2-1-3-7-13/h1-9,17H,10-12H2,(H,20,21). The maximum absolute atomic E-state index is 12.5. The van der Waals surface area contributed by atoms with E-state index in [1.165, 1.54) is 6.07 Å². The number of anilines is 1. The van der Waals surface area contributed by atoms with Gasteiger partial charge >= 0.3 is 0 Å². The van der Waals surface area contributed by atoms with E-state index in [9.17, 15) is 13.6 Å². The van der Waals surface area contributed by atoms with Crippen LogP contribution in [0.25, 0.3) is 0 Å². The summed E-state index contributed by atoms with van der Waals surface area (Å²) in [6.07, 6.45) is 0. The van der Waals surface area contributed by atoms with Crippen molar-refractivity contribution in [1.82, 2.24) is 0 Å². The van der Waals surface area contributed by atoms with Crippen molar-refractivity contribution in [2.24, 2.45) is 0 Å². The first-order valence-electron chi connectivity index (χ1n) is 7.24. The van der Waals surface area contributed by atoms with Crippen LogP contribution in [-0.2, 0) is 9.53 Å². The molecule has 0 saturated heterocycles. The van der Waals surface area contributed by atoms with Crippen LogP contribution in [0.1, 0.15) is 0 Å². The Hall–Kier alpha value is -2.12. The lowest BCUT2D eigenvalue weighted by Crippen LogP contribution is -2.20. The largest absolute Gasteiger partial charge is 0.491 e. The number of ether oxygens (including phenoxy) is 2. The molecule has 0 bridgehead atoms. The number of benzene rings is 2. The number of carbonyl (C=O) groups is 1. The average molecular weight is 353 g/mol. The number of amides is 1. The Balaban J connectivity index is 1.70. The number of para-hydroxylation sites is 2. The van der Waals surface area contributed by atoms with Gasteiger partial charge in [-0.3, -0.25) is 4.79 Å². The Bertz CT molecular complexity index is 641.